The van der Waals surface area contributed by atoms with Gasteiger partial charge in [-0.3, -0.25) is 13.9 Å². The summed E-state index contributed by atoms with van der Waals surface area (Å²) in [5.74, 6) is 0.334. The number of sulfonamides is 1. The highest BCUT2D eigenvalue weighted by Gasteiger charge is 2.33. The maximum atomic E-state index is 14.1. The zero-order valence-corrected chi connectivity index (χ0v) is 25.7. The average Bonchev–Trinajstić information content (AvgIpc) is 3.01. The second-order valence-corrected chi connectivity index (χ2v) is 12.1. The van der Waals surface area contributed by atoms with Crippen molar-refractivity contribution in [3.8, 4) is 11.5 Å². The lowest BCUT2D eigenvalue weighted by atomic mass is 10.1. The molecule has 0 saturated heterocycles. The number of carbonyl (C=O) groups is 2. The highest BCUT2D eigenvalue weighted by molar-refractivity contribution is 7.92. The van der Waals surface area contributed by atoms with E-state index in [1.165, 1.54) is 24.1 Å². The molecule has 0 aliphatic heterocycles. The van der Waals surface area contributed by atoms with E-state index in [1.807, 2.05) is 75.4 Å². The van der Waals surface area contributed by atoms with Crippen molar-refractivity contribution in [1.82, 2.24) is 10.2 Å². The van der Waals surface area contributed by atoms with Crippen molar-refractivity contribution in [3.63, 3.8) is 0 Å². The molecule has 0 aliphatic rings. The Hall–Kier alpha value is -4.63. The fraction of sp³-hybridized carbons (Fsp3) is 0.235. The van der Waals surface area contributed by atoms with Crippen LogP contribution in [0.25, 0.3) is 0 Å². The van der Waals surface area contributed by atoms with E-state index >= 15 is 0 Å². The van der Waals surface area contributed by atoms with Gasteiger partial charge in [0.2, 0.25) is 11.8 Å². The minimum Gasteiger partial charge on any atom is -0.457 e. The van der Waals surface area contributed by atoms with Gasteiger partial charge in [0.25, 0.3) is 10.0 Å². The van der Waals surface area contributed by atoms with E-state index in [0.29, 0.717) is 17.9 Å². The Morgan fingerprint density at radius 2 is 1.42 bits per heavy atom. The summed E-state index contributed by atoms with van der Waals surface area (Å²) in [5.41, 5.74) is 3.03. The standard InChI is InChI=1S/C34H37N3O5S/c1-5-32(34(39)35-4)36(23-27-12-10-9-11-26(27)3)33(38)24-37(43(40,41)31-21-15-25(2)16-22-31)28-17-19-30(20-18-28)42-29-13-7-6-8-14-29/h6-22,32H,5,23-24H2,1-4H3,(H,35,39)/t32-/m0/s1. The monoisotopic (exact) mass is 599 g/mol. The summed E-state index contributed by atoms with van der Waals surface area (Å²) in [6, 6.07) is 29.1. The van der Waals surface area contributed by atoms with Crippen molar-refractivity contribution in [3.05, 3.63) is 120 Å². The Morgan fingerprint density at radius 1 is 0.814 bits per heavy atom. The molecule has 0 radical (unpaired) electrons. The first-order chi connectivity index (χ1) is 20.6. The molecule has 224 valence electrons. The lowest BCUT2D eigenvalue weighted by Crippen LogP contribution is -2.51. The molecule has 0 heterocycles. The molecule has 43 heavy (non-hydrogen) atoms. The maximum Gasteiger partial charge on any atom is 0.264 e. The Labute approximate surface area is 254 Å². The SMILES string of the molecule is CC[C@@H](C(=O)NC)N(Cc1ccccc1C)C(=O)CN(c1ccc(Oc2ccccc2)cc1)S(=O)(=O)c1ccc(C)cc1. The molecule has 2 amide bonds. The number of benzene rings is 4. The van der Waals surface area contributed by atoms with E-state index < -0.39 is 28.5 Å². The average molecular weight is 600 g/mol. The van der Waals surface area contributed by atoms with E-state index in [-0.39, 0.29) is 23.0 Å². The van der Waals surface area contributed by atoms with Crippen LogP contribution in [-0.4, -0.2) is 44.8 Å². The zero-order valence-electron chi connectivity index (χ0n) is 24.9. The molecular formula is C34H37N3O5S. The van der Waals surface area contributed by atoms with Gasteiger partial charge < -0.3 is 15.0 Å². The molecule has 8 nitrogen and oxygen atoms in total. The predicted molar refractivity (Wildman–Crippen MR) is 169 cm³/mol. The van der Waals surface area contributed by atoms with Gasteiger partial charge in [0.1, 0.15) is 24.1 Å². The van der Waals surface area contributed by atoms with Gasteiger partial charge in [-0.15, -0.1) is 0 Å². The first-order valence-corrected chi connectivity index (χ1v) is 15.6. The molecule has 0 aromatic heterocycles. The normalized spacial score (nSPS) is 11.8. The van der Waals surface area contributed by atoms with Crippen molar-refractivity contribution in [2.75, 3.05) is 17.9 Å². The number of aryl methyl sites for hydroxylation is 2. The number of likely N-dealkylation sites (N-methyl/N-ethyl adjacent to an activating group) is 1. The summed E-state index contributed by atoms with van der Waals surface area (Å²) in [6.07, 6.45) is 0.355. The minimum atomic E-state index is -4.17. The van der Waals surface area contributed by atoms with Gasteiger partial charge in [-0.25, -0.2) is 8.42 Å². The number of amides is 2. The number of anilines is 1. The Morgan fingerprint density at radius 3 is 2.02 bits per heavy atom. The molecule has 0 spiro atoms. The van der Waals surface area contributed by atoms with Crippen LogP contribution in [-0.2, 0) is 26.2 Å². The van der Waals surface area contributed by atoms with Crippen LogP contribution in [0.2, 0.25) is 0 Å². The number of nitrogens with zero attached hydrogens (tertiary/aromatic N) is 2. The van der Waals surface area contributed by atoms with Crippen LogP contribution in [0, 0.1) is 13.8 Å². The molecule has 0 unspecified atom stereocenters. The topological polar surface area (TPSA) is 96.0 Å². The zero-order chi connectivity index (χ0) is 31.0. The number of carbonyl (C=O) groups excluding carboxylic acids is 2. The smallest absolute Gasteiger partial charge is 0.264 e. The summed E-state index contributed by atoms with van der Waals surface area (Å²) >= 11 is 0. The molecule has 9 heteroatoms. The van der Waals surface area contributed by atoms with E-state index in [9.17, 15) is 18.0 Å². The van der Waals surface area contributed by atoms with Gasteiger partial charge >= 0.3 is 0 Å². The minimum absolute atomic E-state index is 0.0549. The molecule has 0 aliphatic carbocycles. The molecule has 4 rings (SSSR count). The van der Waals surface area contributed by atoms with Gasteiger partial charge in [-0.05, 0) is 79.9 Å². The maximum absolute atomic E-state index is 14.1. The summed E-state index contributed by atoms with van der Waals surface area (Å²) in [7, 11) is -2.64. The van der Waals surface area contributed by atoms with Crippen LogP contribution < -0.4 is 14.4 Å². The Kier molecular flexibility index (Phi) is 10.2. The predicted octanol–water partition coefficient (Wildman–Crippen LogP) is 5.84. The second-order valence-electron chi connectivity index (χ2n) is 10.2. The highest BCUT2D eigenvalue weighted by Crippen LogP contribution is 2.29. The Balaban J connectivity index is 1.73. The number of nitrogens with one attached hydrogen (secondary N) is 1. The van der Waals surface area contributed by atoms with Crippen molar-refractivity contribution < 1.29 is 22.7 Å². The van der Waals surface area contributed by atoms with Crippen LogP contribution in [0.5, 0.6) is 11.5 Å². The molecule has 4 aromatic carbocycles. The quantitative estimate of drug-likeness (QED) is 0.221. The fourth-order valence-electron chi connectivity index (χ4n) is 4.73. The second kappa shape index (κ2) is 14.0. The summed E-state index contributed by atoms with van der Waals surface area (Å²) in [5, 5.41) is 2.65. The molecule has 4 aromatic rings. The van der Waals surface area contributed by atoms with E-state index in [1.54, 1.807) is 36.4 Å². The molecular weight excluding hydrogens is 562 g/mol. The lowest BCUT2D eigenvalue weighted by molar-refractivity contribution is -0.140. The number of rotatable bonds is 12. The van der Waals surface area contributed by atoms with Crippen LogP contribution in [0.1, 0.15) is 30.0 Å². The summed E-state index contributed by atoms with van der Waals surface area (Å²) in [4.78, 5) is 28.5. The molecule has 0 bridgehead atoms. The Bertz CT molecular complexity index is 1640. The summed E-state index contributed by atoms with van der Waals surface area (Å²) < 4.78 is 35.1. The summed E-state index contributed by atoms with van der Waals surface area (Å²) in [6.45, 7) is 5.28. The highest BCUT2D eigenvalue weighted by atomic mass is 32.2. The number of ether oxygens (including phenoxy) is 1. The first-order valence-electron chi connectivity index (χ1n) is 14.1. The number of para-hydroxylation sites is 1. The largest absolute Gasteiger partial charge is 0.457 e. The van der Waals surface area contributed by atoms with Gasteiger partial charge in [-0.1, -0.05) is 67.1 Å². The van der Waals surface area contributed by atoms with Gasteiger partial charge in [0.15, 0.2) is 0 Å². The van der Waals surface area contributed by atoms with Crippen LogP contribution in [0.4, 0.5) is 5.69 Å². The van der Waals surface area contributed by atoms with E-state index in [4.69, 9.17) is 4.74 Å². The molecule has 0 fully saturated rings. The van der Waals surface area contributed by atoms with Crippen molar-refractivity contribution in [2.24, 2.45) is 0 Å². The third-order valence-electron chi connectivity index (χ3n) is 7.23. The van der Waals surface area contributed by atoms with Crippen molar-refractivity contribution in [1.29, 1.82) is 0 Å². The van der Waals surface area contributed by atoms with Gasteiger partial charge in [0, 0.05) is 13.6 Å². The number of hydrogen-bond acceptors (Lipinski definition) is 5. The van der Waals surface area contributed by atoms with Gasteiger partial charge in [-0.2, -0.15) is 0 Å². The third kappa shape index (κ3) is 7.61. The van der Waals surface area contributed by atoms with Crippen LogP contribution >= 0.6 is 0 Å². The van der Waals surface area contributed by atoms with Crippen molar-refractivity contribution >= 4 is 27.5 Å². The first kappa shape index (κ1) is 31.3. The molecule has 0 saturated carbocycles. The number of hydrogen-bond donors (Lipinski definition) is 1. The van der Waals surface area contributed by atoms with Crippen LogP contribution in [0.15, 0.2) is 108 Å². The lowest BCUT2D eigenvalue weighted by Gasteiger charge is -2.33. The van der Waals surface area contributed by atoms with Gasteiger partial charge in [0.05, 0.1) is 10.6 Å². The molecule has 1 atom stereocenters. The van der Waals surface area contributed by atoms with E-state index in [0.717, 1.165) is 21.0 Å². The van der Waals surface area contributed by atoms with E-state index in [2.05, 4.69) is 5.32 Å². The van der Waals surface area contributed by atoms with Crippen LogP contribution in [0.3, 0.4) is 0 Å². The van der Waals surface area contributed by atoms with Crippen molar-refractivity contribution in [2.45, 2.75) is 44.7 Å². The third-order valence-corrected chi connectivity index (χ3v) is 9.01. The molecule has 1 N–H and O–H groups in total. The fourth-order valence-corrected chi connectivity index (χ4v) is 6.14.